The molecular weight excluding hydrogens is 322 g/mol. The Morgan fingerprint density at radius 1 is 1.36 bits per heavy atom. The monoisotopic (exact) mass is 341 g/mol. The Balaban J connectivity index is 2.10. The maximum Gasteiger partial charge on any atom is 0.272 e. The number of amides is 2. The van der Waals surface area contributed by atoms with Gasteiger partial charge in [-0.1, -0.05) is 6.07 Å². The van der Waals surface area contributed by atoms with Gasteiger partial charge in [0.25, 0.3) is 11.8 Å². The lowest BCUT2D eigenvalue weighted by Gasteiger charge is -2.12. The van der Waals surface area contributed by atoms with E-state index in [1.807, 2.05) is 13.0 Å². The Bertz CT molecular complexity index is 816. The molecule has 0 bridgehead atoms. The number of carbonyl (C=O) groups is 2. The highest BCUT2D eigenvalue weighted by Gasteiger charge is 2.13. The average Bonchev–Trinajstić information content (AvgIpc) is 2.96. The topological polar surface area (TPSA) is 109 Å². The SMILES string of the molecule is CNC(=O)COc1cc(C#N)ccc1CNC(=O)c1cc(C)n(C)n1. The number of nitrogens with zero attached hydrogens (tertiary/aromatic N) is 3. The lowest BCUT2D eigenvalue weighted by molar-refractivity contribution is -0.122. The summed E-state index contributed by atoms with van der Waals surface area (Å²) in [6.45, 7) is 1.87. The van der Waals surface area contributed by atoms with Gasteiger partial charge >= 0.3 is 0 Å². The Hall–Kier alpha value is -3.34. The number of hydrogen-bond donors (Lipinski definition) is 2. The van der Waals surface area contributed by atoms with Crippen LogP contribution in [0.1, 0.15) is 27.3 Å². The molecule has 0 saturated carbocycles. The zero-order valence-corrected chi connectivity index (χ0v) is 14.3. The Morgan fingerprint density at radius 2 is 2.12 bits per heavy atom. The number of carbonyl (C=O) groups excluding carboxylic acids is 2. The number of nitrogens with one attached hydrogen (secondary N) is 2. The van der Waals surface area contributed by atoms with E-state index in [1.54, 1.807) is 29.9 Å². The normalized spacial score (nSPS) is 10.0. The van der Waals surface area contributed by atoms with Gasteiger partial charge < -0.3 is 15.4 Å². The molecule has 2 aromatic rings. The van der Waals surface area contributed by atoms with Crippen LogP contribution >= 0.6 is 0 Å². The molecule has 0 aliphatic carbocycles. The molecule has 1 aromatic heterocycles. The third-order valence-corrected chi connectivity index (χ3v) is 3.62. The van der Waals surface area contributed by atoms with Gasteiger partial charge in [0.05, 0.1) is 11.6 Å². The molecule has 8 nitrogen and oxygen atoms in total. The van der Waals surface area contributed by atoms with Crippen LogP contribution in [0, 0.1) is 18.3 Å². The number of benzene rings is 1. The lowest BCUT2D eigenvalue weighted by Crippen LogP contribution is -2.26. The number of likely N-dealkylation sites (N-methyl/N-ethyl adjacent to an activating group) is 1. The molecule has 0 spiro atoms. The second kappa shape index (κ2) is 7.97. The van der Waals surface area contributed by atoms with E-state index in [2.05, 4.69) is 15.7 Å². The zero-order valence-electron chi connectivity index (χ0n) is 14.3. The van der Waals surface area contributed by atoms with Crippen molar-refractivity contribution >= 4 is 11.8 Å². The van der Waals surface area contributed by atoms with E-state index < -0.39 is 0 Å². The number of ether oxygens (including phenoxy) is 1. The molecule has 0 saturated heterocycles. The van der Waals surface area contributed by atoms with Gasteiger partial charge in [0, 0.05) is 31.9 Å². The largest absolute Gasteiger partial charge is 0.483 e. The predicted octanol–water partition coefficient (Wildman–Crippen LogP) is 0.655. The molecule has 0 aliphatic rings. The minimum Gasteiger partial charge on any atom is -0.483 e. The highest BCUT2D eigenvalue weighted by atomic mass is 16.5. The smallest absolute Gasteiger partial charge is 0.272 e. The first kappa shape index (κ1) is 18.0. The van der Waals surface area contributed by atoms with E-state index >= 15 is 0 Å². The van der Waals surface area contributed by atoms with Crippen molar-refractivity contribution < 1.29 is 14.3 Å². The highest BCUT2D eigenvalue weighted by molar-refractivity contribution is 5.92. The molecule has 0 radical (unpaired) electrons. The molecule has 0 aliphatic heterocycles. The van der Waals surface area contributed by atoms with Crippen molar-refractivity contribution in [2.75, 3.05) is 13.7 Å². The molecular formula is C17H19N5O3. The number of aryl methyl sites for hydroxylation is 2. The summed E-state index contributed by atoms with van der Waals surface area (Å²) in [5, 5.41) is 18.3. The summed E-state index contributed by atoms with van der Waals surface area (Å²) < 4.78 is 7.08. The number of rotatable bonds is 6. The van der Waals surface area contributed by atoms with Crippen molar-refractivity contribution in [3.63, 3.8) is 0 Å². The molecule has 0 unspecified atom stereocenters. The lowest BCUT2D eigenvalue weighted by atomic mass is 10.1. The van der Waals surface area contributed by atoms with Crippen molar-refractivity contribution in [2.24, 2.45) is 7.05 Å². The second-order valence-corrected chi connectivity index (χ2v) is 5.37. The van der Waals surface area contributed by atoms with Crippen LogP contribution in [0.15, 0.2) is 24.3 Å². The van der Waals surface area contributed by atoms with Crippen LogP contribution in [-0.4, -0.2) is 35.2 Å². The summed E-state index contributed by atoms with van der Waals surface area (Å²) in [4.78, 5) is 23.5. The van der Waals surface area contributed by atoms with Crippen LogP contribution in [0.5, 0.6) is 5.75 Å². The zero-order chi connectivity index (χ0) is 18.4. The van der Waals surface area contributed by atoms with Gasteiger partial charge in [-0.25, -0.2) is 0 Å². The molecule has 1 aromatic carbocycles. The average molecular weight is 341 g/mol. The molecule has 1 heterocycles. The Labute approximate surface area is 145 Å². The summed E-state index contributed by atoms with van der Waals surface area (Å²) in [6.07, 6.45) is 0. The third-order valence-electron chi connectivity index (χ3n) is 3.62. The molecule has 2 rings (SSSR count). The van der Waals surface area contributed by atoms with E-state index in [-0.39, 0.29) is 25.0 Å². The van der Waals surface area contributed by atoms with Gasteiger partial charge in [0.15, 0.2) is 6.61 Å². The number of hydrogen-bond acceptors (Lipinski definition) is 5. The van der Waals surface area contributed by atoms with Crippen LogP contribution in [0.2, 0.25) is 0 Å². The van der Waals surface area contributed by atoms with Gasteiger partial charge in [-0.15, -0.1) is 0 Å². The fourth-order valence-electron chi connectivity index (χ4n) is 2.06. The molecule has 130 valence electrons. The maximum atomic E-state index is 12.2. The van der Waals surface area contributed by atoms with Crippen LogP contribution in [0.3, 0.4) is 0 Å². The van der Waals surface area contributed by atoms with Crippen LogP contribution in [0.4, 0.5) is 0 Å². The standard InChI is InChI=1S/C17H19N5O3/c1-11-6-14(21-22(11)3)17(24)20-9-13-5-4-12(8-18)7-15(13)25-10-16(23)19-2/h4-7H,9-10H2,1-3H3,(H,19,23)(H,20,24). The molecule has 2 amide bonds. The first-order chi connectivity index (χ1) is 11.9. The fourth-order valence-corrected chi connectivity index (χ4v) is 2.06. The molecule has 8 heteroatoms. The van der Waals surface area contributed by atoms with Crippen LogP contribution in [-0.2, 0) is 18.4 Å². The number of nitriles is 1. The van der Waals surface area contributed by atoms with E-state index in [9.17, 15) is 9.59 Å². The highest BCUT2D eigenvalue weighted by Crippen LogP contribution is 2.20. The van der Waals surface area contributed by atoms with Gasteiger partial charge in [0.1, 0.15) is 11.4 Å². The summed E-state index contributed by atoms with van der Waals surface area (Å²) in [6, 6.07) is 8.55. The van der Waals surface area contributed by atoms with Crippen LogP contribution < -0.4 is 15.4 Å². The Kier molecular flexibility index (Phi) is 5.74. The first-order valence-electron chi connectivity index (χ1n) is 7.60. The van der Waals surface area contributed by atoms with E-state index in [0.29, 0.717) is 22.6 Å². The van der Waals surface area contributed by atoms with Crippen LogP contribution in [0.25, 0.3) is 0 Å². The number of aromatic nitrogens is 2. The van der Waals surface area contributed by atoms with Crippen molar-refractivity contribution in [3.8, 4) is 11.8 Å². The molecule has 0 fully saturated rings. The minimum absolute atomic E-state index is 0.175. The summed E-state index contributed by atoms with van der Waals surface area (Å²) >= 11 is 0. The summed E-state index contributed by atoms with van der Waals surface area (Å²) in [5.74, 6) is -0.230. The molecule has 25 heavy (non-hydrogen) atoms. The van der Waals surface area contributed by atoms with Crippen molar-refractivity contribution in [1.29, 1.82) is 5.26 Å². The van der Waals surface area contributed by atoms with Crippen molar-refractivity contribution in [2.45, 2.75) is 13.5 Å². The van der Waals surface area contributed by atoms with Gasteiger partial charge in [-0.3, -0.25) is 14.3 Å². The fraction of sp³-hybridized carbons (Fsp3) is 0.294. The van der Waals surface area contributed by atoms with Gasteiger partial charge in [-0.05, 0) is 25.1 Å². The van der Waals surface area contributed by atoms with Gasteiger partial charge in [-0.2, -0.15) is 10.4 Å². The Morgan fingerprint density at radius 3 is 2.72 bits per heavy atom. The quantitative estimate of drug-likeness (QED) is 0.802. The second-order valence-electron chi connectivity index (χ2n) is 5.37. The third kappa shape index (κ3) is 4.57. The minimum atomic E-state index is -0.315. The maximum absolute atomic E-state index is 12.2. The van der Waals surface area contributed by atoms with E-state index in [0.717, 1.165) is 5.69 Å². The molecule has 0 atom stereocenters. The van der Waals surface area contributed by atoms with Gasteiger partial charge in [0.2, 0.25) is 0 Å². The van der Waals surface area contributed by atoms with Crippen molar-refractivity contribution in [1.82, 2.24) is 20.4 Å². The van der Waals surface area contributed by atoms with Crippen molar-refractivity contribution in [3.05, 3.63) is 46.8 Å². The van der Waals surface area contributed by atoms with E-state index in [1.165, 1.54) is 13.1 Å². The predicted molar refractivity (Wildman–Crippen MR) is 89.8 cm³/mol. The van der Waals surface area contributed by atoms with E-state index in [4.69, 9.17) is 10.00 Å². The summed E-state index contributed by atoms with van der Waals surface area (Å²) in [5.41, 5.74) is 2.26. The summed E-state index contributed by atoms with van der Waals surface area (Å²) in [7, 11) is 3.27. The molecule has 2 N–H and O–H groups in total. The first-order valence-corrected chi connectivity index (χ1v) is 7.60.